The highest BCUT2D eigenvalue weighted by molar-refractivity contribution is 5.88. The van der Waals surface area contributed by atoms with E-state index in [9.17, 15) is 9.59 Å². The number of hydrogen-bond acceptors (Lipinski definition) is 5. The van der Waals surface area contributed by atoms with E-state index in [1.807, 2.05) is 30.3 Å². The molecule has 1 atom stereocenters. The number of ketones is 1. The van der Waals surface area contributed by atoms with Crippen LogP contribution in [-0.4, -0.2) is 50.2 Å². The van der Waals surface area contributed by atoms with Crippen LogP contribution in [-0.2, 0) is 20.7 Å². The minimum absolute atomic E-state index is 0.173. The molecule has 0 aromatic heterocycles. The molecule has 1 unspecified atom stereocenters. The number of carbonyl (C=O) groups excluding carboxylic acids is 2. The van der Waals surface area contributed by atoms with Crippen LogP contribution in [0.4, 0.5) is 4.79 Å². The molecule has 1 heterocycles. The molecule has 1 saturated heterocycles. The molecule has 6 heteroatoms. The van der Waals surface area contributed by atoms with Crippen molar-refractivity contribution in [1.82, 2.24) is 4.90 Å². The molecule has 0 aliphatic carbocycles. The monoisotopic (exact) mass is 369 g/mol. The van der Waals surface area contributed by atoms with E-state index in [2.05, 4.69) is 0 Å². The highest BCUT2D eigenvalue weighted by Crippen LogP contribution is 2.24. The largest absolute Gasteiger partial charge is 0.497 e. The molecule has 0 N–H and O–H groups in total. The van der Waals surface area contributed by atoms with Gasteiger partial charge in [0.15, 0.2) is 11.9 Å². The van der Waals surface area contributed by atoms with E-state index in [0.717, 1.165) is 5.56 Å². The summed E-state index contributed by atoms with van der Waals surface area (Å²) in [7, 11) is 1.57. The Balaban J connectivity index is 1.78. The second kappa shape index (κ2) is 9.19. The lowest BCUT2D eigenvalue weighted by Gasteiger charge is -2.28. The number of nitrogens with zero attached hydrogens (tertiary/aromatic N) is 1. The maximum Gasteiger partial charge on any atom is 0.410 e. The van der Waals surface area contributed by atoms with Gasteiger partial charge in [0.25, 0.3) is 0 Å². The van der Waals surface area contributed by atoms with Crippen molar-refractivity contribution in [2.45, 2.75) is 12.5 Å². The zero-order valence-electron chi connectivity index (χ0n) is 15.3. The maximum absolute atomic E-state index is 12.9. The van der Waals surface area contributed by atoms with Gasteiger partial charge in [-0.15, -0.1) is 0 Å². The summed E-state index contributed by atoms with van der Waals surface area (Å²) in [6, 6.07) is 16.4. The van der Waals surface area contributed by atoms with Gasteiger partial charge in [0.05, 0.1) is 20.3 Å². The third kappa shape index (κ3) is 5.08. The summed E-state index contributed by atoms with van der Waals surface area (Å²) in [6.07, 6.45) is -1.28. The van der Waals surface area contributed by atoms with E-state index in [4.69, 9.17) is 14.2 Å². The number of morpholine rings is 1. The van der Waals surface area contributed by atoms with Gasteiger partial charge in [-0.2, -0.15) is 0 Å². The smallest absolute Gasteiger partial charge is 0.410 e. The van der Waals surface area contributed by atoms with Gasteiger partial charge >= 0.3 is 6.09 Å². The molecule has 2 aromatic rings. The number of rotatable bonds is 6. The van der Waals surface area contributed by atoms with E-state index in [-0.39, 0.29) is 12.2 Å². The summed E-state index contributed by atoms with van der Waals surface area (Å²) < 4.78 is 16.1. The van der Waals surface area contributed by atoms with Crippen LogP contribution in [0.25, 0.3) is 0 Å². The summed E-state index contributed by atoms with van der Waals surface area (Å²) in [5, 5.41) is 0. The Bertz CT molecular complexity index is 754. The Morgan fingerprint density at radius 2 is 1.70 bits per heavy atom. The van der Waals surface area contributed by atoms with Gasteiger partial charge in [0, 0.05) is 25.1 Å². The van der Waals surface area contributed by atoms with Crippen molar-refractivity contribution in [2.75, 3.05) is 33.4 Å². The molecule has 2 aromatic carbocycles. The molecule has 1 fully saturated rings. The van der Waals surface area contributed by atoms with E-state index in [1.54, 1.807) is 36.3 Å². The van der Waals surface area contributed by atoms with Crippen LogP contribution in [0.5, 0.6) is 5.75 Å². The van der Waals surface area contributed by atoms with Gasteiger partial charge in [0.1, 0.15) is 5.75 Å². The summed E-state index contributed by atoms with van der Waals surface area (Å²) in [5.41, 5.74) is 1.50. The first kappa shape index (κ1) is 18.9. The zero-order chi connectivity index (χ0) is 19.1. The molecular formula is C21H23NO5. The van der Waals surface area contributed by atoms with Crippen molar-refractivity contribution in [1.29, 1.82) is 0 Å². The second-order valence-corrected chi connectivity index (χ2v) is 6.27. The molecule has 0 saturated carbocycles. The van der Waals surface area contributed by atoms with Crippen molar-refractivity contribution >= 4 is 11.9 Å². The summed E-state index contributed by atoms with van der Waals surface area (Å²) in [5.74, 6) is 0.500. The van der Waals surface area contributed by atoms with Gasteiger partial charge < -0.3 is 19.1 Å². The number of amides is 1. The lowest BCUT2D eigenvalue weighted by atomic mass is 10.00. The van der Waals surface area contributed by atoms with E-state index in [1.165, 1.54) is 0 Å². The van der Waals surface area contributed by atoms with Gasteiger partial charge in [-0.25, -0.2) is 4.79 Å². The molecule has 3 rings (SSSR count). The van der Waals surface area contributed by atoms with Gasteiger partial charge in [-0.1, -0.05) is 42.5 Å². The molecule has 0 spiro atoms. The number of benzene rings is 2. The molecule has 0 radical (unpaired) electrons. The quantitative estimate of drug-likeness (QED) is 0.783. The number of hydrogen-bond donors (Lipinski definition) is 0. The first-order chi connectivity index (χ1) is 13.2. The third-order valence-electron chi connectivity index (χ3n) is 4.42. The van der Waals surface area contributed by atoms with Crippen LogP contribution in [0.15, 0.2) is 54.6 Å². The summed E-state index contributed by atoms with van der Waals surface area (Å²) in [4.78, 5) is 27.0. The predicted octanol–water partition coefficient (Wildman–Crippen LogP) is 3.02. The first-order valence-corrected chi connectivity index (χ1v) is 8.91. The fraction of sp³-hybridized carbons (Fsp3) is 0.333. The van der Waals surface area contributed by atoms with Gasteiger partial charge in [-0.3, -0.25) is 4.79 Å². The number of ether oxygens (including phenoxy) is 3. The highest BCUT2D eigenvalue weighted by atomic mass is 16.6. The number of methoxy groups -OCH3 is 1. The Kier molecular flexibility index (Phi) is 6.44. The summed E-state index contributed by atoms with van der Waals surface area (Å²) in [6.45, 7) is 1.86. The molecule has 1 aliphatic heterocycles. The molecule has 6 nitrogen and oxygen atoms in total. The van der Waals surface area contributed by atoms with Crippen LogP contribution < -0.4 is 4.74 Å². The number of Topliss-reactive ketones (excluding diaryl/α,β-unsaturated/α-hetero) is 1. The highest BCUT2D eigenvalue weighted by Gasteiger charge is 2.28. The van der Waals surface area contributed by atoms with E-state index >= 15 is 0 Å². The zero-order valence-corrected chi connectivity index (χ0v) is 15.3. The number of carbonyl (C=O) groups is 2. The normalized spacial score (nSPS) is 15.1. The minimum atomic E-state index is -0.966. The minimum Gasteiger partial charge on any atom is -0.497 e. The topological polar surface area (TPSA) is 65.1 Å². The van der Waals surface area contributed by atoms with Crippen molar-refractivity contribution < 1.29 is 23.8 Å². The van der Waals surface area contributed by atoms with Crippen LogP contribution in [0.1, 0.15) is 17.2 Å². The van der Waals surface area contributed by atoms with Crippen molar-refractivity contribution in [3.63, 3.8) is 0 Å². The Labute approximate surface area is 158 Å². The van der Waals surface area contributed by atoms with Gasteiger partial charge in [-0.05, 0) is 17.7 Å². The van der Waals surface area contributed by atoms with E-state index < -0.39 is 12.2 Å². The van der Waals surface area contributed by atoms with Crippen LogP contribution >= 0.6 is 0 Å². The Morgan fingerprint density at radius 3 is 2.33 bits per heavy atom. The molecule has 27 heavy (non-hydrogen) atoms. The fourth-order valence-electron chi connectivity index (χ4n) is 2.91. The Hall–Kier alpha value is -2.86. The molecule has 142 valence electrons. The lowest BCUT2D eigenvalue weighted by molar-refractivity contribution is -0.127. The van der Waals surface area contributed by atoms with Crippen LogP contribution in [0.2, 0.25) is 0 Å². The van der Waals surface area contributed by atoms with E-state index in [0.29, 0.717) is 37.6 Å². The fourth-order valence-corrected chi connectivity index (χ4v) is 2.91. The lowest BCUT2D eigenvalue weighted by Crippen LogP contribution is -2.42. The first-order valence-electron chi connectivity index (χ1n) is 8.91. The van der Waals surface area contributed by atoms with Crippen LogP contribution in [0, 0.1) is 0 Å². The van der Waals surface area contributed by atoms with Crippen molar-refractivity contribution in [2.24, 2.45) is 0 Å². The van der Waals surface area contributed by atoms with Crippen LogP contribution in [0.3, 0.4) is 0 Å². The molecular weight excluding hydrogens is 346 g/mol. The van der Waals surface area contributed by atoms with Crippen molar-refractivity contribution in [3.8, 4) is 5.75 Å². The predicted molar refractivity (Wildman–Crippen MR) is 99.8 cm³/mol. The second-order valence-electron chi connectivity index (χ2n) is 6.27. The third-order valence-corrected chi connectivity index (χ3v) is 4.42. The Morgan fingerprint density at radius 1 is 1.04 bits per heavy atom. The summed E-state index contributed by atoms with van der Waals surface area (Å²) >= 11 is 0. The SMILES string of the molecule is COc1ccc(C(OC(=O)N2CCOCC2)C(=O)Cc2ccccc2)cc1. The maximum atomic E-state index is 12.9. The molecule has 0 bridgehead atoms. The molecule has 1 aliphatic rings. The molecule has 1 amide bonds. The average Bonchev–Trinajstić information content (AvgIpc) is 2.73. The van der Waals surface area contributed by atoms with Gasteiger partial charge in [0.2, 0.25) is 0 Å². The van der Waals surface area contributed by atoms with Crippen molar-refractivity contribution in [3.05, 3.63) is 65.7 Å². The average molecular weight is 369 g/mol. The standard InChI is InChI=1S/C21H23NO5/c1-25-18-9-7-17(8-10-18)20(19(23)15-16-5-3-2-4-6-16)27-21(24)22-11-13-26-14-12-22/h2-10,20H,11-15H2,1H3.